The highest BCUT2D eigenvalue weighted by atomic mass is 16.5. The average Bonchev–Trinajstić information content (AvgIpc) is 2.17. The summed E-state index contributed by atoms with van der Waals surface area (Å²) >= 11 is 0. The standard InChI is InChI=1S/C12H20O2/c1-3-5-6-7-8-9-10-11-12(13)14-4-2/h3,7-8H,1,4-6,9-11H2,2H3/b8-7+. The number of unbranched alkanes of at least 4 members (excludes halogenated alkanes) is 2. The van der Waals surface area contributed by atoms with Crippen LogP contribution in [0.15, 0.2) is 24.8 Å². The maximum atomic E-state index is 10.9. The predicted octanol–water partition coefficient (Wildman–Crippen LogP) is 3.24. The van der Waals surface area contributed by atoms with Crippen molar-refractivity contribution in [1.29, 1.82) is 0 Å². The summed E-state index contributed by atoms with van der Waals surface area (Å²) in [4.78, 5) is 10.9. The van der Waals surface area contributed by atoms with Crippen LogP contribution >= 0.6 is 0 Å². The number of carbonyl (C=O) groups is 1. The molecule has 0 spiro atoms. The number of hydrogen-bond acceptors (Lipinski definition) is 2. The van der Waals surface area contributed by atoms with Gasteiger partial charge in [0.05, 0.1) is 6.61 Å². The summed E-state index contributed by atoms with van der Waals surface area (Å²) in [5, 5.41) is 0. The van der Waals surface area contributed by atoms with Crippen LogP contribution in [-0.4, -0.2) is 12.6 Å². The summed E-state index contributed by atoms with van der Waals surface area (Å²) in [6.07, 6.45) is 10.6. The van der Waals surface area contributed by atoms with Crippen LogP contribution in [0.2, 0.25) is 0 Å². The molecule has 0 aliphatic carbocycles. The van der Waals surface area contributed by atoms with Gasteiger partial charge >= 0.3 is 5.97 Å². The van der Waals surface area contributed by atoms with Gasteiger partial charge in [0.2, 0.25) is 0 Å². The molecule has 2 heteroatoms. The molecule has 0 atom stereocenters. The monoisotopic (exact) mass is 196 g/mol. The van der Waals surface area contributed by atoms with E-state index in [1.807, 2.05) is 13.0 Å². The second kappa shape index (κ2) is 10.0. The Kier molecular flexibility index (Phi) is 9.28. The van der Waals surface area contributed by atoms with E-state index in [1.54, 1.807) is 0 Å². The van der Waals surface area contributed by atoms with Crippen LogP contribution in [0.25, 0.3) is 0 Å². The van der Waals surface area contributed by atoms with Gasteiger partial charge in [-0.25, -0.2) is 0 Å². The van der Waals surface area contributed by atoms with E-state index in [0.717, 1.165) is 25.7 Å². The first-order chi connectivity index (χ1) is 6.81. The molecule has 0 N–H and O–H groups in total. The number of hydrogen-bond donors (Lipinski definition) is 0. The first kappa shape index (κ1) is 12.9. The van der Waals surface area contributed by atoms with Crippen molar-refractivity contribution in [1.82, 2.24) is 0 Å². The van der Waals surface area contributed by atoms with Gasteiger partial charge in [0.25, 0.3) is 0 Å². The SMILES string of the molecule is C=CCC/C=C/CCCC(=O)OCC. The molecule has 2 nitrogen and oxygen atoms in total. The molecule has 0 bridgehead atoms. The van der Waals surface area contributed by atoms with Gasteiger partial charge < -0.3 is 4.74 Å². The Hall–Kier alpha value is -1.05. The lowest BCUT2D eigenvalue weighted by Gasteiger charge is -1.98. The highest BCUT2D eigenvalue weighted by Crippen LogP contribution is 2.00. The summed E-state index contributed by atoms with van der Waals surface area (Å²) in [6.45, 7) is 5.95. The maximum Gasteiger partial charge on any atom is 0.305 e. The molecule has 0 heterocycles. The summed E-state index contributed by atoms with van der Waals surface area (Å²) < 4.78 is 4.81. The number of esters is 1. The van der Waals surface area contributed by atoms with Crippen molar-refractivity contribution in [2.45, 2.75) is 39.0 Å². The third-order valence-corrected chi connectivity index (χ3v) is 1.76. The van der Waals surface area contributed by atoms with Crippen molar-refractivity contribution in [2.24, 2.45) is 0 Å². The first-order valence-electron chi connectivity index (χ1n) is 5.22. The second-order valence-corrected chi connectivity index (χ2v) is 3.03. The zero-order chi connectivity index (χ0) is 10.6. The predicted molar refractivity (Wildman–Crippen MR) is 59.1 cm³/mol. The van der Waals surface area contributed by atoms with E-state index in [9.17, 15) is 4.79 Å². The Labute approximate surface area is 86.6 Å². The van der Waals surface area contributed by atoms with Crippen LogP contribution in [0.5, 0.6) is 0 Å². The van der Waals surface area contributed by atoms with Gasteiger partial charge in [-0.3, -0.25) is 4.79 Å². The third-order valence-electron chi connectivity index (χ3n) is 1.76. The lowest BCUT2D eigenvalue weighted by Crippen LogP contribution is -2.02. The molecule has 0 aliphatic rings. The molecule has 0 aliphatic heterocycles. The molecule has 0 fully saturated rings. The fraction of sp³-hybridized carbons (Fsp3) is 0.583. The highest BCUT2D eigenvalue weighted by molar-refractivity contribution is 5.69. The van der Waals surface area contributed by atoms with Crippen LogP contribution in [0, 0.1) is 0 Å². The van der Waals surface area contributed by atoms with E-state index in [2.05, 4.69) is 18.7 Å². The van der Waals surface area contributed by atoms with Crippen molar-refractivity contribution in [3.63, 3.8) is 0 Å². The van der Waals surface area contributed by atoms with Crippen LogP contribution in [0.4, 0.5) is 0 Å². The van der Waals surface area contributed by atoms with Gasteiger partial charge in [0, 0.05) is 6.42 Å². The molecular weight excluding hydrogens is 176 g/mol. The summed E-state index contributed by atoms with van der Waals surface area (Å²) in [6, 6.07) is 0. The normalized spacial score (nSPS) is 10.4. The summed E-state index contributed by atoms with van der Waals surface area (Å²) in [7, 11) is 0. The minimum Gasteiger partial charge on any atom is -0.466 e. The topological polar surface area (TPSA) is 26.3 Å². The molecule has 0 saturated heterocycles. The van der Waals surface area contributed by atoms with Gasteiger partial charge in [0.1, 0.15) is 0 Å². The fourth-order valence-corrected chi connectivity index (χ4v) is 1.05. The molecule has 14 heavy (non-hydrogen) atoms. The molecule has 0 unspecified atom stereocenters. The van der Waals surface area contributed by atoms with Crippen LogP contribution in [-0.2, 0) is 9.53 Å². The highest BCUT2D eigenvalue weighted by Gasteiger charge is 1.98. The van der Waals surface area contributed by atoms with Gasteiger partial charge in [-0.1, -0.05) is 18.2 Å². The number of rotatable bonds is 8. The van der Waals surface area contributed by atoms with Gasteiger partial charge in [0.15, 0.2) is 0 Å². The van der Waals surface area contributed by atoms with Crippen molar-refractivity contribution in [3.8, 4) is 0 Å². The van der Waals surface area contributed by atoms with Crippen LogP contribution in [0.1, 0.15) is 39.0 Å². The third kappa shape index (κ3) is 9.04. The largest absolute Gasteiger partial charge is 0.466 e. The lowest BCUT2D eigenvalue weighted by molar-refractivity contribution is -0.143. The van der Waals surface area contributed by atoms with E-state index in [-0.39, 0.29) is 5.97 Å². The molecule has 0 aromatic heterocycles. The quantitative estimate of drug-likeness (QED) is 0.338. The Balaban J connectivity index is 3.23. The van der Waals surface area contributed by atoms with E-state index in [4.69, 9.17) is 4.74 Å². The minimum atomic E-state index is -0.0907. The maximum absolute atomic E-state index is 10.9. The average molecular weight is 196 g/mol. The number of allylic oxidation sites excluding steroid dienone is 3. The lowest BCUT2D eigenvalue weighted by atomic mass is 10.2. The van der Waals surface area contributed by atoms with Crippen LogP contribution in [0.3, 0.4) is 0 Å². The van der Waals surface area contributed by atoms with Gasteiger partial charge in [-0.05, 0) is 32.6 Å². The zero-order valence-corrected chi connectivity index (χ0v) is 9.00. The molecule has 0 amide bonds. The van der Waals surface area contributed by atoms with Crippen molar-refractivity contribution >= 4 is 5.97 Å². The minimum absolute atomic E-state index is 0.0907. The van der Waals surface area contributed by atoms with E-state index in [0.29, 0.717) is 13.0 Å². The van der Waals surface area contributed by atoms with Crippen LogP contribution < -0.4 is 0 Å². The van der Waals surface area contributed by atoms with Crippen molar-refractivity contribution in [3.05, 3.63) is 24.8 Å². The number of carbonyl (C=O) groups excluding carboxylic acids is 1. The molecule has 0 rings (SSSR count). The first-order valence-corrected chi connectivity index (χ1v) is 5.22. The van der Waals surface area contributed by atoms with Gasteiger partial charge in [-0.15, -0.1) is 6.58 Å². The second-order valence-electron chi connectivity index (χ2n) is 3.03. The van der Waals surface area contributed by atoms with Gasteiger partial charge in [-0.2, -0.15) is 0 Å². The molecule has 0 saturated carbocycles. The number of ether oxygens (including phenoxy) is 1. The molecule has 0 aromatic carbocycles. The van der Waals surface area contributed by atoms with Crippen molar-refractivity contribution < 1.29 is 9.53 Å². The Morgan fingerprint density at radius 1 is 1.29 bits per heavy atom. The fourth-order valence-electron chi connectivity index (χ4n) is 1.05. The molecule has 0 radical (unpaired) electrons. The molecule has 0 aromatic rings. The Morgan fingerprint density at radius 3 is 2.64 bits per heavy atom. The molecular formula is C12H20O2. The van der Waals surface area contributed by atoms with E-state index in [1.165, 1.54) is 0 Å². The van der Waals surface area contributed by atoms with E-state index < -0.39 is 0 Å². The molecule has 80 valence electrons. The Bertz CT molecular complexity index is 183. The zero-order valence-electron chi connectivity index (χ0n) is 9.00. The Morgan fingerprint density at radius 2 is 2.00 bits per heavy atom. The smallest absolute Gasteiger partial charge is 0.305 e. The summed E-state index contributed by atoms with van der Waals surface area (Å²) in [5.74, 6) is -0.0907. The van der Waals surface area contributed by atoms with Crippen molar-refractivity contribution in [2.75, 3.05) is 6.61 Å². The summed E-state index contributed by atoms with van der Waals surface area (Å²) in [5.41, 5.74) is 0. The van der Waals surface area contributed by atoms with E-state index >= 15 is 0 Å².